The molecule has 0 atom stereocenters. The minimum atomic E-state index is 0.0858. The quantitative estimate of drug-likeness (QED) is 0.666. The van der Waals surface area contributed by atoms with Crippen molar-refractivity contribution in [2.24, 2.45) is 0 Å². The molecule has 1 aliphatic heterocycles. The number of rotatable bonds is 7. The Morgan fingerprint density at radius 3 is 2.62 bits per heavy atom. The molecule has 2 aromatic heterocycles. The zero-order chi connectivity index (χ0) is 19.9. The molecule has 0 saturated carbocycles. The van der Waals surface area contributed by atoms with Crippen LogP contribution in [0.2, 0.25) is 0 Å². The van der Waals surface area contributed by atoms with E-state index in [9.17, 15) is 4.79 Å². The number of benzene rings is 1. The van der Waals surface area contributed by atoms with E-state index in [4.69, 9.17) is 4.52 Å². The maximum absolute atomic E-state index is 12.5. The highest BCUT2D eigenvalue weighted by Crippen LogP contribution is 2.14. The second-order valence-electron chi connectivity index (χ2n) is 7.27. The van der Waals surface area contributed by atoms with Crippen molar-refractivity contribution in [2.45, 2.75) is 31.7 Å². The van der Waals surface area contributed by atoms with E-state index < -0.39 is 0 Å². The molecule has 7 heteroatoms. The molecule has 0 bridgehead atoms. The zero-order valence-corrected chi connectivity index (χ0v) is 16.3. The molecule has 29 heavy (non-hydrogen) atoms. The number of aromatic nitrogens is 3. The van der Waals surface area contributed by atoms with Crippen LogP contribution in [0.4, 0.5) is 0 Å². The summed E-state index contributed by atoms with van der Waals surface area (Å²) in [6, 6.07) is 14.1. The lowest BCUT2D eigenvalue weighted by molar-refractivity contribution is 0.0705. The van der Waals surface area contributed by atoms with Crippen LogP contribution in [0.3, 0.4) is 0 Å². The summed E-state index contributed by atoms with van der Waals surface area (Å²) in [4.78, 5) is 22.9. The van der Waals surface area contributed by atoms with Crippen molar-refractivity contribution < 1.29 is 9.32 Å². The predicted molar refractivity (Wildman–Crippen MR) is 108 cm³/mol. The lowest BCUT2D eigenvalue weighted by Gasteiger charge is -2.32. The van der Waals surface area contributed by atoms with Crippen LogP contribution in [0.15, 0.2) is 59.4 Å². The number of nitrogens with zero attached hydrogens (tertiary/aromatic N) is 4. The van der Waals surface area contributed by atoms with Gasteiger partial charge in [-0.05, 0) is 30.5 Å². The van der Waals surface area contributed by atoms with Gasteiger partial charge in [0.2, 0.25) is 5.89 Å². The normalized spacial score (nSPS) is 14.8. The number of pyridine rings is 1. The molecule has 0 unspecified atom stereocenters. The van der Waals surface area contributed by atoms with Crippen LogP contribution in [-0.2, 0) is 12.8 Å². The summed E-state index contributed by atoms with van der Waals surface area (Å²) >= 11 is 0. The third kappa shape index (κ3) is 5.26. The largest absolute Gasteiger partial charge is 0.339 e. The number of carbonyl (C=O) groups excluding carboxylic acids is 1. The molecule has 3 heterocycles. The highest BCUT2D eigenvalue weighted by molar-refractivity contribution is 5.94. The Bertz CT molecular complexity index is 905. The van der Waals surface area contributed by atoms with Gasteiger partial charge in [0.15, 0.2) is 5.82 Å². The molecule has 1 fully saturated rings. The average Bonchev–Trinajstić information content (AvgIpc) is 3.22. The topological polar surface area (TPSA) is 84.2 Å². The van der Waals surface area contributed by atoms with Gasteiger partial charge in [-0.2, -0.15) is 4.98 Å². The lowest BCUT2D eigenvalue weighted by atomic mass is 10.0. The average molecular weight is 391 g/mol. The highest BCUT2D eigenvalue weighted by atomic mass is 16.5. The van der Waals surface area contributed by atoms with Crippen molar-refractivity contribution in [2.75, 3.05) is 19.6 Å². The Morgan fingerprint density at radius 2 is 1.86 bits per heavy atom. The minimum absolute atomic E-state index is 0.0858. The Labute approximate surface area is 170 Å². The smallest absolute Gasteiger partial charge is 0.253 e. The molecule has 1 aromatic carbocycles. The van der Waals surface area contributed by atoms with Gasteiger partial charge in [0, 0.05) is 56.5 Å². The van der Waals surface area contributed by atoms with Crippen molar-refractivity contribution in [3.63, 3.8) is 0 Å². The summed E-state index contributed by atoms with van der Waals surface area (Å²) in [6.45, 7) is 2.32. The summed E-state index contributed by atoms with van der Waals surface area (Å²) in [6.07, 6.45) is 6.59. The van der Waals surface area contributed by atoms with E-state index in [0.29, 0.717) is 36.2 Å². The van der Waals surface area contributed by atoms with E-state index in [1.807, 2.05) is 23.1 Å². The van der Waals surface area contributed by atoms with Gasteiger partial charge >= 0.3 is 0 Å². The van der Waals surface area contributed by atoms with Crippen molar-refractivity contribution in [1.29, 1.82) is 0 Å². The second kappa shape index (κ2) is 9.43. The fourth-order valence-electron chi connectivity index (χ4n) is 3.59. The first-order valence-electron chi connectivity index (χ1n) is 10.1. The Hall–Kier alpha value is -3.06. The number of carbonyl (C=O) groups is 1. The maximum Gasteiger partial charge on any atom is 0.253 e. The van der Waals surface area contributed by atoms with Crippen LogP contribution in [0.25, 0.3) is 0 Å². The summed E-state index contributed by atoms with van der Waals surface area (Å²) in [7, 11) is 0. The van der Waals surface area contributed by atoms with Crippen LogP contribution in [0, 0.1) is 0 Å². The summed E-state index contributed by atoms with van der Waals surface area (Å²) in [5, 5.41) is 7.63. The molecule has 0 aliphatic carbocycles. The van der Waals surface area contributed by atoms with E-state index in [1.54, 1.807) is 24.5 Å². The highest BCUT2D eigenvalue weighted by Gasteiger charge is 2.23. The fraction of sp³-hybridized carbons (Fsp3) is 0.364. The van der Waals surface area contributed by atoms with E-state index in [0.717, 1.165) is 32.5 Å². The number of hydrogen-bond donors (Lipinski definition) is 1. The van der Waals surface area contributed by atoms with E-state index in [2.05, 4.69) is 32.6 Å². The number of hydrogen-bond acceptors (Lipinski definition) is 6. The molecule has 0 spiro atoms. The van der Waals surface area contributed by atoms with Gasteiger partial charge < -0.3 is 14.7 Å². The predicted octanol–water partition coefficient (Wildman–Crippen LogP) is 2.49. The Kier molecular flexibility index (Phi) is 6.26. The first-order valence-corrected chi connectivity index (χ1v) is 10.1. The van der Waals surface area contributed by atoms with Crippen LogP contribution in [-0.4, -0.2) is 51.6 Å². The summed E-state index contributed by atoms with van der Waals surface area (Å²) in [5.41, 5.74) is 1.88. The van der Waals surface area contributed by atoms with Gasteiger partial charge in [0.25, 0.3) is 5.91 Å². The Balaban J connectivity index is 1.18. The van der Waals surface area contributed by atoms with E-state index in [-0.39, 0.29) is 5.91 Å². The third-order valence-corrected chi connectivity index (χ3v) is 5.20. The van der Waals surface area contributed by atoms with Gasteiger partial charge in [-0.25, -0.2) is 0 Å². The monoisotopic (exact) mass is 391 g/mol. The van der Waals surface area contributed by atoms with Crippen LogP contribution < -0.4 is 5.32 Å². The minimum Gasteiger partial charge on any atom is -0.339 e. The van der Waals surface area contributed by atoms with E-state index in [1.165, 1.54) is 5.56 Å². The molecular weight excluding hydrogens is 366 g/mol. The maximum atomic E-state index is 12.5. The molecule has 7 nitrogen and oxygen atoms in total. The first kappa shape index (κ1) is 19.3. The van der Waals surface area contributed by atoms with Crippen molar-refractivity contribution in [3.05, 3.63) is 77.7 Å². The van der Waals surface area contributed by atoms with Gasteiger partial charge in [-0.3, -0.25) is 9.78 Å². The fourth-order valence-corrected chi connectivity index (χ4v) is 3.59. The zero-order valence-electron chi connectivity index (χ0n) is 16.3. The van der Waals surface area contributed by atoms with E-state index >= 15 is 0 Å². The molecule has 150 valence electrons. The van der Waals surface area contributed by atoms with Crippen molar-refractivity contribution in [1.82, 2.24) is 25.3 Å². The van der Waals surface area contributed by atoms with Gasteiger partial charge in [-0.1, -0.05) is 35.5 Å². The molecule has 3 aromatic rings. The molecular formula is C22H25N5O2. The number of nitrogens with one attached hydrogen (secondary N) is 1. The SMILES string of the molecule is O=C(c1ccncc1)N1CCC(NCCc2nc(Cc3ccccc3)no2)CC1. The van der Waals surface area contributed by atoms with Crippen molar-refractivity contribution >= 4 is 5.91 Å². The number of likely N-dealkylation sites (tertiary alicyclic amines) is 1. The molecule has 1 aliphatic rings. The van der Waals surface area contributed by atoms with Gasteiger partial charge in [0.05, 0.1) is 0 Å². The van der Waals surface area contributed by atoms with Crippen LogP contribution in [0.5, 0.6) is 0 Å². The van der Waals surface area contributed by atoms with Gasteiger partial charge in [-0.15, -0.1) is 0 Å². The Morgan fingerprint density at radius 1 is 1.10 bits per heavy atom. The van der Waals surface area contributed by atoms with Crippen molar-refractivity contribution in [3.8, 4) is 0 Å². The molecule has 4 rings (SSSR count). The third-order valence-electron chi connectivity index (χ3n) is 5.20. The molecule has 1 amide bonds. The second-order valence-corrected chi connectivity index (χ2v) is 7.27. The number of amides is 1. The molecule has 0 radical (unpaired) electrons. The summed E-state index contributed by atoms with van der Waals surface area (Å²) < 4.78 is 5.36. The van der Waals surface area contributed by atoms with Gasteiger partial charge in [0.1, 0.15) is 0 Å². The van der Waals surface area contributed by atoms with Crippen LogP contribution >= 0.6 is 0 Å². The lowest BCUT2D eigenvalue weighted by Crippen LogP contribution is -2.45. The van der Waals surface area contributed by atoms with Crippen LogP contribution in [0.1, 0.15) is 40.5 Å². The molecule has 1 N–H and O–H groups in total. The standard InChI is InChI=1S/C22H25N5O2/c28-22(18-6-11-23-12-7-18)27-14-9-19(10-15-27)24-13-8-21-25-20(26-29-21)16-17-4-2-1-3-5-17/h1-7,11-12,19,24H,8-10,13-16H2. The molecule has 1 saturated heterocycles. The number of piperidine rings is 1. The first-order chi connectivity index (χ1) is 14.3. The summed E-state index contributed by atoms with van der Waals surface area (Å²) in [5.74, 6) is 1.46.